The molecule has 2 nitrogen and oxygen atoms in total. The first-order valence-corrected chi connectivity index (χ1v) is 7.00. The summed E-state index contributed by atoms with van der Waals surface area (Å²) in [5.74, 6) is 0. The number of hydrogen-bond donors (Lipinski definition) is 2. The van der Waals surface area contributed by atoms with Crippen molar-refractivity contribution in [3.8, 4) is 11.1 Å². The highest BCUT2D eigenvalue weighted by atomic mass is 16.3. The molecule has 2 aromatic rings. The summed E-state index contributed by atoms with van der Waals surface area (Å²) in [6.45, 7) is 8.34. The van der Waals surface area contributed by atoms with Crippen LogP contribution in [0.4, 0.5) is 0 Å². The highest BCUT2D eigenvalue weighted by Gasteiger charge is 2.33. The Morgan fingerprint density at radius 2 is 1.00 bits per heavy atom. The van der Waals surface area contributed by atoms with Crippen molar-refractivity contribution in [3.63, 3.8) is 0 Å². The van der Waals surface area contributed by atoms with Crippen LogP contribution < -0.4 is 0 Å². The molecule has 0 saturated carbocycles. The van der Waals surface area contributed by atoms with E-state index < -0.39 is 12.2 Å². The SMILES string of the molecule is Cc1ccc2c(c1C)-c1c(ccc(C)c1C)[C@@H](O)[C@@H]2O. The number of benzene rings is 2. The van der Waals surface area contributed by atoms with E-state index in [0.717, 1.165) is 22.3 Å². The minimum absolute atomic E-state index is 0.835. The Bertz CT molecular complexity index is 640. The fourth-order valence-corrected chi connectivity index (χ4v) is 3.17. The van der Waals surface area contributed by atoms with Gasteiger partial charge in [-0.1, -0.05) is 24.3 Å². The van der Waals surface area contributed by atoms with Gasteiger partial charge in [-0.2, -0.15) is 0 Å². The third kappa shape index (κ3) is 1.65. The van der Waals surface area contributed by atoms with Crippen molar-refractivity contribution < 1.29 is 10.2 Å². The Balaban J connectivity index is 2.45. The topological polar surface area (TPSA) is 40.5 Å². The molecule has 104 valence electrons. The van der Waals surface area contributed by atoms with Gasteiger partial charge in [0.1, 0.15) is 12.2 Å². The smallest absolute Gasteiger partial charge is 0.110 e. The molecule has 3 rings (SSSR count). The molecule has 0 fully saturated rings. The molecule has 0 bridgehead atoms. The average Bonchev–Trinajstić information content (AvgIpc) is 2.43. The largest absolute Gasteiger partial charge is 0.385 e. The van der Waals surface area contributed by atoms with Gasteiger partial charge in [-0.05, 0) is 72.2 Å². The van der Waals surface area contributed by atoms with Crippen molar-refractivity contribution >= 4 is 0 Å². The molecular weight excluding hydrogens is 248 g/mol. The van der Waals surface area contributed by atoms with Gasteiger partial charge in [-0.15, -0.1) is 0 Å². The zero-order valence-corrected chi connectivity index (χ0v) is 12.4. The summed E-state index contributed by atoms with van der Waals surface area (Å²) in [6.07, 6.45) is -1.70. The zero-order valence-electron chi connectivity index (χ0n) is 12.4. The van der Waals surface area contributed by atoms with Gasteiger partial charge in [-0.3, -0.25) is 0 Å². The van der Waals surface area contributed by atoms with Crippen LogP contribution in [0.1, 0.15) is 45.6 Å². The van der Waals surface area contributed by atoms with E-state index in [0.29, 0.717) is 0 Å². The molecule has 0 saturated heterocycles. The highest BCUT2D eigenvalue weighted by molar-refractivity contribution is 5.81. The van der Waals surface area contributed by atoms with E-state index in [4.69, 9.17) is 0 Å². The third-order valence-corrected chi connectivity index (χ3v) is 4.72. The lowest BCUT2D eigenvalue weighted by molar-refractivity contribution is 0.0157. The molecule has 0 unspecified atom stereocenters. The Labute approximate surface area is 119 Å². The lowest BCUT2D eigenvalue weighted by Crippen LogP contribution is -2.19. The third-order valence-electron chi connectivity index (χ3n) is 4.72. The Kier molecular flexibility index (Phi) is 2.96. The predicted octanol–water partition coefficient (Wildman–Crippen LogP) is 3.67. The molecule has 0 radical (unpaired) electrons. The quantitative estimate of drug-likeness (QED) is 0.765. The Hall–Kier alpha value is -1.64. The molecule has 0 amide bonds. The van der Waals surface area contributed by atoms with Crippen LogP contribution in [0, 0.1) is 27.7 Å². The second-order valence-corrected chi connectivity index (χ2v) is 5.83. The highest BCUT2D eigenvalue weighted by Crippen LogP contribution is 2.48. The summed E-state index contributed by atoms with van der Waals surface area (Å²) in [6, 6.07) is 7.91. The Morgan fingerprint density at radius 1 is 0.650 bits per heavy atom. The minimum atomic E-state index is -0.848. The van der Waals surface area contributed by atoms with Crippen molar-refractivity contribution in [1.29, 1.82) is 0 Å². The van der Waals surface area contributed by atoms with E-state index in [2.05, 4.69) is 27.7 Å². The monoisotopic (exact) mass is 268 g/mol. The van der Waals surface area contributed by atoms with Gasteiger partial charge in [0, 0.05) is 0 Å². The lowest BCUT2D eigenvalue weighted by atomic mass is 9.76. The molecule has 2 N–H and O–H groups in total. The molecule has 2 aromatic carbocycles. The fourth-order valence-electron chi connectivity index (χ4n) is 3.17. The maximum atomic E-state index is 10.4. The Morgan fingerprint density at radius 3 is 1.35 bits per heavy atom. The van der Waals surface area contributed by atoms with E-state index in [1.165, 1.54) is 22.3 Å². The van der Waals surface area contributed by atoms with Crippen LogP contribution >= 0.6 is 0 Å². The van der Waals surface area contributed by atoms with Crippen LogP contribution in [0.5, 0.6) is 0 Å². The second kappa shape index (κ2) is 4.44. The van der Waals surface area contributed by atoms with Gasteiger partial charge in [0.05, 0.1) is 0 Å². The number of aliphatic hydroxyl groups is 2. The molecule has 1 aliphatic carbocycles. The summed E-state index contributed by atoms with van der Waals surface area (Å²) >= 11 is 0. The summed E-state index contributed by atoms with van der Waals surface area (Å²) < 4.78 is 0. The molecule has 0 aromatic heterocycles. The van der Waals surface area contributed by atoms with Gasteiger partial charge in [0.25, 0.3) is 0 Å². The molecule has 1 aliphatic rings. The van der Waals surface area contributed by atoms with Crippen molar-refractivity contribution in [2.45, 2.75) is 39.9 Å². The molecule has 2 heteroatoms. The average molecular weight is 268 g/mol. The molecule has 0 heterocycles. The van der Waals surface area contributed by atoms with E-state index in [9.17, 15) is 10.2 Å². The predicted molar refractivity (Wildman–Crippen MR) is 80.7 cm³/mol. The van der Waals surface area contributed by atoms with Gasteiger partial charge in [-0.25, -0.2) is 0 Å². The number of hydrogen-bond acceptors (Lipinski definition) is 2. The maximum Gasteiger partial charge on any atom is 0.110 e. The molecule has 2 atom stereocenters. The molecule has 20 heavy (non-hydrogen) atoms. The van der Waals surface area contributed by atoms with Crippen molar-refractivity contribution in [1.82, 2.24) is 0 Å². The van der Waals surface area contributed by atoms with E-state index >= 15 is 0 Å². The van der Waals surface area contributed by atoms with Crippen LogP contribution in [0.3, 0.4) is 0 Å². The minimum Gasteiger partial charge on any atom is -0.385 e. The number of rotatable bonds is 0. The van der Waals surface area contributed by atoms with Crippen LogP contribution in [0.15, 0.2) is 24.3 Å². The van der Waals surface area contributed by atoms with Crippen molar-refractivity contribution in [2.75, 3.05) is 0 Å². The van der Waals surface area contributed by atoms with Crippen LogP contribution in [-0.4, -0.2) is 10.2 Å². The van der Waals surface area contributed by atoms with Gasteiger partial charge >= 0.3 is 0 Å². The molecule has 0 aliphatic heterocycles. The number of fused-ring (bicyclic) bond motifs is 3. The molecule has 0 spiro atoms. The zero-order chi connectivity index (χ0) is 14.6. The van der Waals surface area contributed by atoms with Crippen molar-refractivity contribution in [2.24, 2.45) is 0 Å². The number of aliphatic hydroxyl groups excluding tert-OH is 2. The van der Waals surface area contributed by atoms with Crippen LogP contribution in [0.2, 0.25) is 0 Å². The van der Waals surface area contributed by atoms with Gasteiger partial charge in [0.15, 0.2) is 0 Å². The summed E-state index contributed by atoms with van der Waals surface area (Å²) in [4.78, 5) is 0. The summed E-state index contributed by atoms with van der Waals surface area (Å²) in [7, 11) is 0. The first kappa shape index (κ1) is 13.3. The van der Waals surface area contributed by atoms with Gasteiger partial charge in [0.2, 0.25) is 0 Å². The molecular formula is C18H20O2. The summed E-state index contributed by atoms with van der Waals surface area (Å²) in [5.41, 5.74) is 8.65. The summed E-state index contributed by atoms with van der Waals surface area (Å²) in [5, 5.41) is 20.8. The van der Waals surface area contributed by atoms with Crippen LogP contribution in [-0.2, 0) is 0 Å². The number of aryl methyl sites for hydroxylation is 2. The lowest BCUT2D eigenvalue weighted by Gasteiger charge is -2.32. The van der Waals surface area contributed by atoms with E-state index in [1.807, 2.05) is 24.3 Å². The van der Waals surface area contributed by atoms with Crippen LogP contribution in [0.25, 0.3) is 11.1 Å². The fraction of sp³-hybridized carbons (Fsp3) is 0.333. The second-order valence-electron chi connectivity index (χ2n) is 5.83. The normalized spacial score (nSPS) is 20.5. The first-order valence-electron chi connectivity index (χ1n) is 7.00. The standard InChI is InChI=1S/C18H20O2/c1-9-5-7-13-15(11(9)3)16-12(4)10(2)6-8-14(16)18(20)17(13)19/h5-8,17-20H,1-4H3/t17-,18-/m1/s1. The van der Waals surface area contributed by atoms with Crippen molar-refractivity contribution in [3.05, 3.63) is 57.6 Å². The van der Waals surface area contributed by atoms with E-state index in [-0.39, 0.29) is 0 Å². The van der Waals surface area contributed by atoms with E-state index in [1.54, 1.807) is 0 Å². The first-order chi connectivity index (χ1) is 9.43. The van der Waals surface area contributed by atoms with Gasteiger partial charge < -0.3 is 10.2 Å². The maximum absolute atomic E-state index is 10.4.